The number of aromatic nitrogens is 2. The molecule has 3 aromatic carbocycles. The van der Waals surface area contributed by atoms with Crippen LogP contribution in [0.5, 0.6) is 0 Å². The average molecular weight is 408 g/mol. The van der Waals surface area contributed by atoms with Gasteiger partial charge in [-0.2, -0.15) is 5.10 Å². The highest BCUT2D eigenvalue weighted by molar-refractivity contribution is 6.33. The van der Waals surface area contributed by atoms with E-state index in [1.165, 1.54) is 18.3 Å². The number of fused-ring (bicyclic) bond motifs is 1. The van der Waals surface area contributed by atoms with Gasteiger partial charge in [0.1, 0.15) is 5.69 Å². The number of nitrogens with zero attached hydrogens (tertiary/aromatic N) is 3. The highest BCUT2D eigenvalue weighted by atomic mass is 16.2. The number of benzene rings is 3. The molecule has 150 valence electrons. The van der Waals surface area contributed by atoms with Crippen LogP contribution in [0.4, 0.5) is 5.69 Å². The van der Waals surface area contributed by atoms with Crippen LogP contribution in [0.3, 0.4) is 0 Å². The monoisotopic (exact) mass is 408 g/mol. The minimum atomic E-state index is -0.744. The Morgan fingerprint density at radius 2 is 1.48 bits per heavy atom. The van der Waals surface area contributed by atoms with Crippen molar-refractivity contribution in [1.82, 2.24) is 14.7 Å². The SMILES string of the molecule is Nc1cccc2c1C(=O)N(C(=O)c1cn(-c3ccccc3)nc1-c1ccccc1)C2=O. The molecule has 2 N–H and O–H groups in total. The Kier molecular flexibility index (Phi) is 4.22. The average Bonchev–Trinajstić information content (AvgIpc) is 3.35. The second-order valence-electron chi connectivity index (χ2n) is 7.06. The van der Waals surface area contributed by atoms with E-state index in [9.17, 15) is 14.4 Å². The van der Waals surface area contributed by atoms with Crippen molar-refractivity contribution in [1.29, 1.82) is 0 Å². The predicted octanol–water partition coefficient (Wildman–Crippen LogP) is 3.56. The van der Waals surface area contributed by atoms with Gasteiger partial charge in [-0.25, -0.2) is 9.58 Å². The molecular weight excluding hydrogens is 392 g/mol. The number of rotatable bonds is 3. The number of hydrogen-bond donors (Lipinski definition) is 1. The highest BCUT2D eigenvalue weighted by Gasteiger charge is 2.42. The minimum absolute atomic E-state index is 0.0533. The van der Waals surface area contributed by atoms with Gasteiger partial charge in [0, 0.05) is 17.4 Å². The van der Waals surface area contributed by atoms with E-state index in [0.717, 1.165) is 5.69 Å². The first kappa shape index (κ1) is 18.5. The Labute approximate surface area is 177 Å². The van der Waals surface area contributed by atoms with Crippen LogP contribution < -0.4 is 5.73 Å². The lowest BCUT2D eigenvalue weighted by Gasteiger charge is -2.11. The number of nitrogen functional groups attached to an aromatic ring is 1. The summed E-state index contributed by atoms with van der Waals surface area (Å²) in [5.74, 6) is -2.16. The van der Waals surface area contributed by atoms with Crippen molar-refractivity contribution in [2.24, 2.45) is 0 Å². The van der Waals surface area contributed by atoms with Crippen LogP contribution >= 0.6 is 0 Å². The van der Waals surface area contributed by atoms with Gasteiger partial charge in [-0.3, -0.25) is 14.4 Å². The molecule has 1 aliphatic heterocycles. The topological polar surface area (TPSA) is 98.3 Å². The number of anilines is 1. The molecule has 5 rings (SSSR count). The Balaban J connectivity index is 1.64. The third kappa shape index (κ3) is 2.91. The molecule has 2 heterocycles. The second kappa shape index (κ2) is 7.07. The molecule has 0 aliphatic carbocycles. The van der Waals surface area contributed by atoms with Crippen molar-refractivity contribution < 1.29 is 14.4 Å². The molecule has 0 saturated heterocycles. The molecule has 0 bridgehead atoms. The van der Waals surface area contributed by atoms with Crippen LogP contribution in [0.25, 0.3) is 16.9 Å². The van der Waals surface area contributed by atoms with Crippen LogP contribution in [0.15, 0.2) is 85.1 Å². The first-order valence-corrected chi connectivity index (χ1v) is 9.58. The van der Waals surface area contributed by atoms with Gasteiger partial charge in [0.2, 0.25) is 0 Å². The van der Waals surface area contributed by atoms with Crippen LogP contribution in [-0.4, -0.2) is 32.4 Å². The quantitative estimate of drug-likeness (QED) is 0.413. The number of para-hydroxylation sites is 1. The van der Waals surface area contributed by atoms with Gasteiger partial charge >= 0.3 is 0 Å². The van der Waals surface area contributed by atoms with Crippen molar-refractivity contribution >= 4 is 23.4 Å². The Hall–Kier alpha value is -4.52. The normalized spacial score (nSPS) is 12.8. The van der Waals surface area contributed by atoms with E-state index in [4.69, 9.17) is 5.73 Å². The van der Waals surface area contributed by atoms with Crippen LogP contribution in [0.1, 0.15) is 31.1 Å². The molecule has 4 aromatic rings. The minimum Gasteiger partial charge on any atom is -0.398 e. The third-order valence-electron chi connectivity index (χ3n) is 5.16. The van der Waals surface area contributed by atoms with Gasteiger partial charge in [-0.1, -0.05) is 54.6 Å². The standard InChI is InChI=1S/C24H16N4O3/c25-19-13-7-12-17-20(19)24(31)28(22(17)29)23(30)18-14-27(16-10-5-2-6-11-16)26-21(18)15-8-3-1-4-9-15/h1-14H,25H2. The molecule has 0 spiro atoms. The molecule has 1 aliphatic rings. The maximum absolute atomic E-state index is 13.5. The maximum Gasteiger partial charge on any atom is 0.271 e. The Bertz CT molecular complexity index is 1340. The Morgan fingerprint density at radius 3 is 2.16 bits per heavy atom. The molecule has 3 amide bonds. The molecule has 0 saturated carbocycles. The first-order valence-electron chi connectivity index (χ1n) is 9.58. The number of imide groups is 3. The number of hydrogen-bond acceptors (Lipinski definition) is 5. The van der Waals surface area contributed by atoms with E-state index in [1.807, 2.05) is 60.7 Å². The molecule has 0 radical (unpaired) electrons. The summed E-state index contributed by atoms with van der Waals surface area (Å²) in [5, 5.41) is 4.58. The van der Waals surface area contributed by atoms with E-state index in [1.54, 1.807) is 10.7 Å². The molecule has 0 atom stereocenters. The summed E-state index contributed by atoms with van der Waals surface area (Å²) in [6, 6.07) is 23.0. The summed E-state index contributed by atoms with van der Waals surface area (Å²) in [5.41, 5.74) is 8.18. The summed E-state index contributed by atoms with van der Waals surface area (Å²) < 4.78 is 1.56. The number of carbonyl (C=O) groups is 3. The number of amides is 3. The summed E-state index contributed by atoms with van der Waals surface area (Å²) in [6.45, 7) is 0. The van der Waals surface area contributed by atoms with E-state index >= 15 is 0 Å². The molecule has 1 aromatic heterocycles. The first-order chi connectivity index (χ1) is 15.1. The summed E-state index contributed by atoms with van der Waals surface area (Å²) in [6.07, 6.45) is 1.53. The fourth-order valence-corrected chi connectivity index (χ4v) is 3.67. The zero-order valence-corrected chi connectivity index (χ0v) is 16.2. The predicted molar refractivity (Wildman–Crippen MR) is 115 cm³/mol. The molecule has 31 heavy (non-hydrogen) atoms. The van der Waals surface area contributed by atoms with Crippen molar-refractivity contribution in [2.45, 2.75) is 0 Å². The smallest absolute Gasteiger partial charge is 0.271 e. The molecule has 7 nitrogen and oxygen atoms in total. The summed E-state index contributed by atoms with van der Waals surface area (Å²) >= 11 is 0. The zero-order valence-electron chi connectivity index (χ0n) is 16.2. The van der Waals surface area contributed by atoms with E-state index < -0.39 is 17.7 Å². The van der Waals surface area contributed by atoms with Gasteiger partial charge < -0.3 is 5.73 Å². The van der Waals surface area contributed by atoms with Crippen LogP contribution in [-0.2, 0) is 0 Å². The molecule has 0 unspecified atom stereocenters. The zero-order chi connectivity index (χ0) is 21.5. The van der Waals surface area contributed by atoms with Crippen LogP contribution in [0, 0.1) is 0 Å². The molecule has 7 heteroatoms. The van der Waals surface area contributed by atoms with Gasteiger partial charge in [0.05, 0.1) is 22.4 Å². The Morgan fingerprint density at radius 1 is 0.806 bits per heavy atom. The van der Waals surface area contributed by atoms with Crippen molar-refractivity contribution in [2.75, 3.05) is 5.73 Å². The van der Waals surface area contributed by atoms with E-state index in [-0.39, 0.29) is 22.4 Å². The third-order valence-corrected chi connectivity index (χ3v) is 5.16. The fourth-order valence-electron chi connectivity index (χ4n) is 3.67. The van der Waals surface area contributed by atoms with Crippen molar-refractivity contribution in [3.05, 3.63) is 102 Å². The summed E-state index contributed by atoms with van der Waals surface area (Å²) in [7, 11) is 0. The van der Waals surface area contributed by atoms with Crippen LogP contribution in [0.2, 0.25) is 0 Å². The lowest BCUT2D eigenvalue weighted by molar-refractivity contribution is 0.0567. The van der Waals surface area contributed by atoms with E-state index in [2.05, 4.69) is 5.10 Å². The fraction of sp³-hybridized carbons (Fsp3) is 0. The van der Waals surface area contributed by atoms with Gasteiger partial charge in [0.25, 0.3) is 17.7 Å². The lowest BCUT2D eigenvalue weighted by atomic mass is 10.1. The number of nitrogens with two attached hydrogens (primary N) is 1. The second-order valence-corrected chi connectivity index (χ2v) is 7.06. The van der Waals surface area contributed by atoms with Gasteiger partial charge in [0.15, 0.2) is 0 Å². The van der Waals surface area contributed by atoms with Crippen molar-refractivity contribution in [3.63, 3.8) is 0 Å². The van der Waals surface area contributed by atoms with Gasteiger partial charge in [-0.15, -0.1) is 0 Å². The number of carbonyl (C=O) groups excluding carboxylic acids is 3. The molecular formula is C24H16N4O3. The summed E-state index contributed by atoms with van der Waals surface area (Å²) in [4.78, 5) is 40.0. The van der Waals surface area contributed by atoms with E-state index in [0.29, 0.717) is 16.2 Å². The molecule has 0 fully saturated rings. The lowest BCUT2D eigenvalue weighted by Crippen LogP contribution is -2.36. The van der Waals surface area contributed by atoms with Crippen molar-refractivity contribution in [3.8, 4) is 16.9 Å². The maximum atomic E-state index is 13.5. The largest absolute Gasteiger partial charge is 0.398 e. The highest BCUT2D eigenvalue weighted by Crippen LogP contribution is 2.31. The van der Waals surface area contributed by atoms with Gasteiger partial charge in [-0.05, 0) is 24.3 Å².